The van der Waals surface area contributed by atoms with Gasteiger partial charge in [-0.1, -0.05) is 11.2 Å². The quantitative estimate of drug-likeness (QED) is 0.732. The molecule has 0 radical (unpaired) electrons. The summed E-state index contributed by atoms with van der Waals surface area (Å²) in [5.41, 5.74) is 0.278. The van der Waals surface area contributed by atoms with Crippen molar-refractivity contribution in [3.63, 3.8) is 0 Å². The van der Waals surface area contributed by atoms with Crippen molar-refractivity contribution in [3.05, 3.63) is 34.4 Å². The number of phenolic OH excluding ortho intramolecular Hbond substituents is 1. The molecular formula is C13H13BrN4O3. The standard InChI is InChI=1S/C13H13BrN4O3/c14-7-3-1-4-8(10(7)19)16-12(20)11-17-13(21-18-11)9-5-2-6-15-9/h1,3-4,9,15,19H,2,5-6H2,(H,16,20). The first-order valence-corrected chi connectivity index (χ1v) is 7.30. The minimum absolute atomic E-state index is 0.0123. The molecule has 1 fully saturated rings. The van der Waals surface area contributed by atoms with Gasteiger partial charge in [-0.3, -0.25) is 4.79 Å². The molecule has 0 saturated carbocycles. The average molecular weight is 353 g/mol. The molecule has 0 bridgehead atoms. The Morgan fingerprint density at radius 3 is 3.14 bits per heavy atom. The smallest absolute Gasteiger partial charge is 0.297 e. The molecule has 1 aliphatic rings. The summed E-state index contributed by atoms with van der Waals surface area (Å²) >= 11 is 3.18. The number of rotatable bonds is 3. The molecule has 1 aliphatic heterocycles. The van der Waals surface area contributed by atoms with Crippen molar-refractivity contribution in [3.8, 4) is 5.75 Å². The largest absolute Gasteiger partial charge is 0.505 e. The number of benzene rings is 1. The number of aromatic hydroxyl groups is 1. The fraction of sp³-hybridized carbons (Fsp3) is 0.308. The third-order valence-electron chi connectivity index (χ3n) is 3.24. The number of nitrogens with one attached hydrogen (secondary N) is 2. The van der Waals surface area contributed by atoms with E-state index >= 15 is 0 Å². The minimum atomic E-state index is -0.531. The predicted octanol–water partition coefficient (Wildman–Crippen LogP) is 2.21. The SMILES string of the molecule is O=C(Nc1cccc(Br)c1O)c1noc(C2CCCN2)n1. The van der Waals surface area contributed by atoms with Crippen LogP contribution in [0.3, 0.4) is 0 Å². The van der Waals surface area contributed by atoms with Crippen LogP contribution in [-0.2, 0) is 0 Å². The Kier molecular flexibility index (Phi) is 3.89. The number of para-hydroxylation sites is 1. The second-order valence-corrected chi connectivity index (χ2v) is 5.55. The number of phenols is 1. The molecule has 7 nitrogen and oxygen atoms in total. The van der Waals surface area contributed by atoms with Crippen LogP contribution < -0.4 is 10.6 Å². The summed E-state index contributed by atoms with van der Waals surface area (Å²) in [6.07, 6.45) is 1.95. The normalized spacial score (nSPS) is 17.9. The highest BCUT2D eigenvalue weighted by atomic mass is 79.9. The van der Waals surface area contributed by atoms with Crippen molar-refractivity contribution in [2.24, 2.45) is 0 Å². The molecule has 2 aromatic rings. The van der Waals surface area contributed by atoms with Gasteiger partial charge < -0.3 is 20.3 Å². The van der Waals surface area contributed by atoms with E-state index in [1.807, 2.05) is 0 Å². The Morgan fingerprint density at radius 2 is 2.38 bits per heavy atom. The van der Waals surface area contributed by atoms with Crippen molar-refractivity contribution < 1.29 is 14.4 Å². The van der Waals surface area contributed by atoms with Gasteiger partial charge >= 0.3 is 0 Å². The first-order valence-electron chi connectivity index (χ1n) is 6.51. The molecule has 2 heterocycles. The van der Waals surface area contributed by atoms with E-state index in [4.69, 9.17) is 4.52 Å². The fourth-order valence-corrected chi connectivity index (χ4v) is 2.52. The summed E-state index contributed by atoms with van der Waals surface area (Å²) in [7, 11) is 0. The number of carbonyl (C=O) groups is 1. The zero-order valence-corrected chi connectivity index (χ0v) is 12.6. The number of amides is 1. The molecule has 21 heavy (non-hydrogen) atoms. The van der Waals surface area contributed by atoms with Gasteiger partial charge in [-0.15, -0.1) is 0 Å². The maximum atomic E-state index is 12.1. The number of carbonyl (C=O) groups excluding carboxylic acids is 1. The van der Waals surface area contributed by atoms with Gasteiger partial charge in [0.25, 0.3) is 11.7 Å². The molecule has 3 N–H and O–H groups in total. The number of hydrogen-bond donors (Lipinski definition) is 3. The van der Waals surface area contributed by atoms with Crippen molar-refractivity contribution in [1.29, 1.82) is 0 Å². The van der Waals surface area contributed by atoms with E-state index in [0.29, 0.717) is 10.4 Å². The van der Waals surface area contributed by atoms with Crippen LogP contribution in [0.15, 0.2) is 27.2 Å². The second-order valence-electron chi connectivity index (χ2n) is 4.70. The van der Waals surface area contributed by atoms with E-state index < -0.39 is 5.91 Å². The lowest BCUT2D eigenvalue weighted by Gasteiger charge is -2.06. The van der Waals surface area contributed by atoms with E-state index in [1.54, 1.807) is 18.2 Å². The van der Waals surface area contributed by atoms with Crippen LogP contribution >= 0.6 is 15.9 Å². The minimum Gasteiger partial charge on any atom is -0.505 e. The van der Waals surface area contributed by atoms with E-state index in [1.165, 1.54) is 0 Å². The van der Waals surface area contributed by atoms with Crippen LogP contribution in [-0.4, -0.2) is 27.7 Å². The lowest BCUT2D eigenvalue weighted by molar-refractivity contribution is 0.101. The van der Waals surface area contributed by atoms with Crippen molar-refractivity contribution in [2.45, 2.75) is 18.9 Å². The zero-order valence-electron chi connectivity index (χ0n) is 11.0. The molecule has 1 saturated heterocycles. The molecule has 1 unspecified atom stereocenters. The summed E-state index contributed by atoms with van der Waals surface area (Å²) in [4.78, 5) is 16.2. The van der Waals surface area contributed by atoms with Crippen LogP contribution in [0.1, 0.15) is 35.4 Å². The van der Waals surface area contributed by atoms with Crippen molar-refractivity contribution in [2.75, 3.05) is 11.9 Å². The lowest BCUT2D eigenvalue weighted by atomic mass is 10.2. The maximum Gasteiger partial charge on any atom is 0.297 e. The summed E-state index contributed by atoms with van der Waals surface area (Å²) in [5.74, 6) is -0.224. The number of halogens is 1. The van der Waals surface area contributed by atoms with Crippen LogP contribution in [0.4, 0.5) is 5.69 Å². The molecule has 1 amide bonds. The van der Waals surface area contributed by atoms with Crippen molar-refractivity contribution >= 4 is 27.5 Å². The van der Waals surface area contributed by atoms with Gasteiger partial charge in [-0.2, -0.15) is 4.98 Å². The summed E-state index contributed by atoms with van der Waals surface area (Å²) < 4.78 is 5.60. The van der Waals surface area contributed by atoms with Crippen LogP contribution in [0.2, 0.25) is 0 Å². The van der Waals surface area contributed by atoms with Gasteiger partial charge in [0.2, 0.25) is 5.89 Å². The molecule has 110 valence electrons. The first-order chi connectivity index (χ1) is 10.1. The third kappa shape index (κ3) is 2.91. The van der Waals surface area contributed by atoms with E-state index in [0.717, 1.165) is 19.4 Å². The first kappa shape index (κ1) is 14.0. The maximum absolute atomic E-state index is 12.1. The molecule has 1 atom stereocenters. The second kappa shape index (κ2) is 5.82. The van der Waals surface area contributed by atoms with Gasteiger partial charge in [0.1, 0.15) is 0 Å². The number of nitrogens with zero attached hydrogens (tertiary/aromatic N) is 2. The Bertz CT molecular complexity index is 667. The highest BCUT2D eigenvalue weighted by Crippen LogP contribution is 2.31. The van der Waals surface area contributed by atoms with Gasteiger partial charge in [0.05, 0.1) is 16.2 Å². The number of aromatic nitrogens is 2. The molecule has 8 heteroatoms. The Morgan fingerprint density at radius 1 is 1.52 bits per heavy atom. The van der Waals surface area contributed by atoms with Gasteiger partial charge in [0, 0.05) is 0 Å². The van der Waals surface area contributed by atoms with Gasteiger partial charge in [-0.25, -0.2) is 0 Å². The molecule has 3 rings (SSSR count). The number of hydrogen-bond acceptors (Lipinski definition) is 6. The summed E-state index contributed by atoms with van der Waals surface area (Å²) in [6.45, 7) is 0.903. The van der Waals surface area contributed by atoms with Crippen LogP contribution in [0, 0.1) is 0 Å². The van der Waals surface area contributed by atoms with E-state index in [9.17, 15) is 9.90 Å². The van der Waals surface area contributed by atoms with Crippen LogP contribution in [0.25, 0.3) is 0 Å². The van der Waals surface area contributed by atoms with Crippen molar-refractivity contribution in [1.82, 2.24) is 15.5 Å². The average Bonchev–Trinajstić information content (AvgIpc) is 3.13. The van der Waals surface area contributed by atoms with Crippen LogP contribution in [0.5, 0.6) is 5.75 Å². The Labute approximate surface area is 128 Å². The Hall–Kier alpha value is -1.93. The lowest BCUT2D eigenvalue weighted by Crippen LogP contribution is -2.15. The zero-order chi connectivity index (χ0) is 14.8. The molecule has 1 aromatic carbocycles. The van der Waals surface area contributed by atoms with E-state index in [-0.39, 0.29) is 23.3 Å². The number of anilines is 1. The topological polar surface area (TPSA) is 100 Å². The molecule has 0 aliphatic carbocycles. The summed E-state index contributed by atoms with van der Waals surface area (Å²) in [5, 5.41) is 19.3. The fourth-order valence-electron chi connectivity index (χ4n) is 2.16. The summed E-state index contributed by atoms with van der Waals surface area (Å²) in [6, 6.07) is 4.96. The highest BCUT2D eigenvalue weighted by Gasteiger charge is 2.24. The third-order valence-corrected chi connectivity index (χ3v) is 3.88. The predicted molar refractivity (Wildman–Crippen MR) is 78.0 cm³/mol. The van der Waals surface area contributed by atoms with Gasteiger partial charge in [0.15, 0.2) is 5.75 Å². The monoisotopic (exact) mass is 352 g/mol. The molecular weight excluding hydrogens is 340 g/mol. The van der Waals surface area contributed by atoms with Gasteiger partial charge in [-0.05, 0) is 47.4 Å². The Balaban J connectivity index is 1.75. The molecule has 0 spiro atoms. The molecule has 1 aromatic heterocycles. The van der Waals surface area contributed by atoms with E-state index in [2.05, 4.69) is 36.7 Å². The highest BCUT2D eigenvalue weighted by molar-refractivity contribution is 9.10.